The topological polar surface area (TPSA) is 234 Å². The van der Waals surface area contributed by atoms with Gasteiger partial charge >= 0.3 is 41.5 Å². The Labute approximate surface area is 219 Å². The van der Waals surface area contributed by atoms with E-state index in [4.69, 9.17) is 31.9 Å². The number of unbranched alkanes of at least 4 members (excludes halogenated alkanes) is 9. The van der Waals surface area contributed by atoms with Gasteiger partial charge in [-0.1, -0.05) is 64.7 Å². The fourth-order valence-corrected chi connectivity index (χ4v) is 2.36. The predicted molar refractivity (Wildman–Crippen MR) is 117 cm³/mol. The van der Waals surface area contributed by atoms with Gasteiger partial charge in [-0.15, -0.1) is 0 Å². The second kappa shape index (κ2) is 26.3. The summed E-state index contributed by atoms with van der Waals surface area (Å²) in [4.78, 5) is 19.5. The molecule has 33 heavy (non-hydrogen) atoms. The van der Waals surface area contributed by atoms with Crippen molar-refractivity contribution in [3.05, 3.63) is 0 Å². The number of rotatable bonds is 16. The molecule has 0 aromatic rings. The molecule has 0 saturated carbocycles. The standard InChI is InChI=1S/C12H26O4S.C4H9NO3.C3H7NO3.Na/c1-2-3-4-5-6-7-8-9-10-11-12-16-17(13,14)15;1-2(6)3(5)4(7)8;4-2(1-5)3(6)7;/h2-12H2,1H3,(H,13,14,15);2-3,6H,5H2,1H3,(H,7,8);2,5H,1,4H2,(H,6,7);/q;;;+1/p-1/t;2-,3+;2-;/m.10./s1. The number of hydrogen-bond acceptors (Lipinski definition) is 10. The Morgan fingerprint density at radius 3 is 1.52 bits per heavy atom. The normalized spacial score (nSPS) is 13.2. The summed E-state index contributed by atoms with van der Waals surface area (Å²) in [6, 6.07) is -2.28. The summed E-state index contributed by atoms with van der Waals surface area (Å²) in [5.74, 6) is -2.36. The van der Waals surface area contributed by atoms with E-state index in [9.17, 15) is 22.6 Å². The molecule has 0 saturated heterocycles. The van der Waals surface area contributed by atoms with Crippen LogP contribution >= 0.6 is 0 Å². The molecule has 12 nitrogen and oxygen atoms in total. The Kier molecular flexibility index (Phi) is 31.7. The molecule has 0 amide bonds. The first-order chi connectivity index (χ1) is 14.8. The van der Waals surface area contributed by atoms with Crippen molar-refractivity contribution in [1.82, 2.24) is 0 Å². The SMILES string of the molecule is CCCCCCCCCCCCOS(=O)(=O)[O-].C[C@@H](O)[C@H](N)C(=O)O.N[C@@H](CO)C(=O)O.[Na+]. The van der Waals surface area contributed by atoms with E-state index in [2.05, 4.69) is 11.1 Å². The van der Waals surface area contributed by atoms with Crippen molar-refractivity contribution in [3.8, 4) is 0 Å². The average Bonchev–Trinajstić information content (AvgIpc) is 2.70. The maximum atomic E-state index is 10.1. The molecular weight excluding hydrogens is 471 g/mol. The second-order valence-electron chi connectivity index (χ2n) is 7.14. The minimum Gasteiger partial charge on any atom is -0.726 e. The molecule has 0 spiro atoms. The summed E-state index contributed by atoms with van der Waals surface area (Å²) >= 11 is 0. The molecule has 0 radical (unpaired) electrons. The Hall–Kier alpha value is -0.350. The van der Waals surface area contributed by atoms with E-state index in [1.54, 1.807) is 0 Å². The van der Waals surface area contributed by atoms with Crippen LogP contribution in [-0.4, -0.2) is 76.7 Å². The Morgan fingerprint density at radius 2 is 1.30 bits per heavy atom. The summed E-state index contributed by atoms with van der Waals surface area (Å²) < 4.78 is 34.5. The van der Waals surface area contributed by atoms with Gasteiger partial charge in [-0.05, 0) is 13.3 Å². The third-order valence-corrected chi connectivity index (χ3v) is 4.50. The fourth-order valence-electron chi connectivity index (χ4n) is 2.03. The number of hydrogen-bond donors (Lipinski definition) is 6. The number of aliphatic carboxylic acids is 2. The molecule has 0 rings (SSSR count). The van der Waals surface area contributed by atoms with E-state index in [0.29, 0.717) is 6.42 Å². The van der Waals surface area contributed by atoms with Gasteiger partial charge < -0.3 is 36.4 Å². The van der Waals surface area contributed by atoms with Gasteiger partial charge in [-0.2, -0.15) is 0 Å². The van der Waals surface area contributed by atoms with Crippen molar-refractivity contribution >= 4 is 22.3 Å². The van der Waals surface area contributed by atoms with Crippen molar-refractivity contribution in [2.45, 2.75) is 96.2 Å². The molecule has 0 aliphatic heterocycles. The molecule has 0 bridgehead atoms. The number of aliphatic hydroxyl groups is 2. The molecule has 3 atom stereocenters. The van der Waals surface area contributed by atoms with Crippen LogP contribution in [0.2, 0.25) is 0 Å². The number of carboxylic acids is 2. The molecule has 0 aromatic carbocycles. The maximum absolute atomic E-state index is 10.1. The third kappa shape index (κ3) is 36.4. The van der Waals surface area contributed by atoms with Crippen molar-refractivity contribution < 1.29 is 76.7 Å². The summed E-state index contributed by atoms with van der Waals surface area (Å²) in [6.45, 7) is 3.07. The molecule has 0 fully saturated rings. The summed E-state index contributed by atoms with van der Waals surface area (Å²) in [5, 5.41) is 32.4. The molecule has 0 heterocycles. The minimum absolute atomic E-state index is 0. The zero-order valence-corrected chi connectivity index (χ0v) is 22.8. The van der Waals surface area contributed by atoms with Crippen LogP contribution in [0.4, 0.5) is 0 Å². The maximum Gasteiger partial charge on any atom is 1.00 e. The Morgan fingerprint density at radius 1 is 0.909 bits per heavy atom. The van der Waals surface area contributed by atoms with E-state index in [1.807, 2.05) is 0 Å². The number of carbonyl (C=O) groups is 2. The molecular formula is C19H41N2NaO10S. The first-order valence-electron chi connectivity index (χ1n) is 10.7. The van der Waals surface area contributed by atoms with Gasteiger partial charge in [0.2, 0.25) is 10.4 Å². The van der Waals surface area contributed by atoms with Gasteiger partial charge in [-0.25, -0.2) is 8.42 Å². The quantitative estimate of drug-likeness (QED) is 0.0547. The Bertz CT molecular complexity index is 565. The summed E-state index contributed by atoms with van der Waals surface area (Å²) in [6.07, 6.45) is 10.7. The second-order valence-corrected chi connectivity index (χ2v) is 8.20. The van der Waals surface area contributed by atoms with Gasteiger partial charge in [0.1, 0.15) is 12.1 Å². The molecule has 194 valence electrons. The van der Waals surface area contributed by atoms with Crippen LogP contribution in [0, 0.1) is 0 Å². The first kappa shape index (κ1) is 39.8. The van der Waals surface area contributed by atoms with Crippen molar-refractivity contribution in [3.63, 3.8) is 0 Å². The molecule has 14 heteroatoms. The number of nitrogens with two attached hydrogens (primary N) is 2. The Balaban J connectivity index is -0.000000219. The zero-order chi connectivity index (χ0) is 25.6. The van der Waals surface area contributed by atoms with Crippen molar-refractivity contribution in [2.75, 3.05) is 13.2 Å². The van der Waals surface area contributed by atoms with Crippen LogP contribution in [0.3, 0.4) is 0 Å². The van der Waals surface area contributed by atoms with Gasteiger partial charge in [0.15, 0.2) is 0 Å². The van der Waals surface area contributed by atoms with E-state index < -0.39 is 47.1 Å². The van der Waals surface area contributed by atoms with Gasteiger partial charge in [0.25, 0.3) is 0 Å². The zero-order valence-electron chi connectivity index (χ0n) is 20.0. The fraction of sp³-hybridized carbons (Fsp3) is 0.895. The van der Waals surface area contributed by atoms with Gasteiger partial charge in [0.05, 0.1) is 19.3 Å². The third-order valence-electron chi connectivity index (χ3n) is 4.04. The van der Waals surface area contributed by atoms with E-state index in [1.165, 1.54) is 51.9 Å². The van der Waals surface area contributed by atoms with Crippen LogP contribution in [0.5, 0.6) is 0 Å². The smallest absolute Gasteiger partial charge is 0.726 e. The van der Waals surface area contributed by atoms with Crippen LogP contribution in [0.15, 0.2) is 0 Å². The van der Waals surface area contributed by atoms with Crippen molar-refractivity contribution in [1.29, 1.82) is 0 Å². The molecule has 0 aliphatic carbocycles. The first-order valence-corrected chi connectivity index (χ1v) is 12.0. The minimum atomic E-state index is -4.48. The number of aliphatic hydroxyl groups excluding tert-OH is 2. The van der Waals surface area contributed by atoms with E-state index in [-0.39, 0.29) is 36.2 Å². The number of carboxylic acid groups (broad SMARTS) is 2. The summed E-state index contributed by atoms with van der Waals surface area (Å²) in [5.41, 5.74) is 9.68. The monoisotopic (exact) mass is 512 g/mol. The summed E-state index contributed by atoms with van der Waals surface area (Å²) in [7, 11) is -4.48. The van der Waals surface area contributed by atoms with Crippen LogP contribution < -0.4 is 41.0 Å². The molecule has 0 aromatic heterocycles. The molecule has 0 aliphatic rings. The molecule has 0 unspecified atom stereocenters. The largest absolute Gasteiger partial charge is 1.00 e. The van der Waals surface area contributed by atoms with Crippen LogP contribution in [0.1, 0.15) is 78.1 Å². The van der Waals surface area contributed by atoms with E-state index >= 15 is 0 Å². The molecule has 8 N–H and O–H groups in total. The van der Waals surface area contributed by atoms with Gasteiger partial charge in [0, 0.05) is 0 Å². The predicted octanol–water partition coefficient (Wildman–Crippen LogP) is -2.44. The van der Waals surface area contributed by atoms with Crippen molar-refractivity contribution in [2.24, 2.45) is 11.5 Å². The average molecular weight is 513 g/mol. The van der Waals surface area contributed by atoms with Crippen LogP contribution in [0.25, 0.3) is 0 Å². The van der Waals surface area contributed by atoms with Gasteiger partial charge in [-0.3, -0.25) is 13.8 Å². The van der Waals surface area contributed by atoms with E-state index in [0.717, 1.165) is 12.8 Å². The van der Waals surface area contributed by atoms with Crippen LogP contribution in [-0.2, 0) is 24.2 Å².